The van der Waals surface area contributed by atoms with E-state index in [0.717, 1.165) is 38.2 Å². The largest absolute Gasteiger partial charge is 0.337 e. The second kappa shape index (κ2) is 5.65. The molecule has 0 aliphatic heterocycles. The van der Waals surface area contributed by atoms with Gasteiger partial charge in [-0.25, -0.2) is 4.98 Å². The van der Waals surface area contributed by atoms with Gasteiger partial charge < -0.3 is 4.57 Å². The second-order valence-corrected chi connectivity index (χ2v) is 5.69. The Morgan fingerprint density at radius 1 is 1.56 bits per heavy atom. The topological polar surface area (TPSA) is 38.1 Å². The van der Waals surface area contributed by atoms with Crippen LogP contribution in [0.5, 0.6) is 0 Å². The molecule has 4 heteroatoms. The standard InChI is InChI=1S/C14H23N3O/c1-11-4-5-13(18)12(8-11)9-16(2)10-14-15-6-7-17(14)3/h6-7,11-12H,4-5,8-10H2,1-3H3. The van der Waals surface area contributed by atoms with Gasteiger partial charge in [-0.2, -0.15) is 0 Å². The van der Waals surface area contributed by atoms with Gasteiger partial charge in [-0.3, -0.25) is 9.69 Å². The number of aryl methyl sites for hydroxylation is 1. The molecule has 2 unspecified atom stereocenters. The van der Waals surface area contributed by atoms with Crippen LogP contribution in [0.1, 0.15) is 32.0 Å². The van der Waals surface area contributed by atoms with Crippen LogP contribution in [0.4, 0.5) is 0 Å². The van der Waals surface area contributed by atoms with E-state index in [1.54, 1.807) is 0 Å². The zero-order valence-electron chi connectivity index (χ0n) is 11.6. The number of imidazole rings is 1. The first-order valence-corrected chi connectivity index (χ1v) is 6.73. The van der Waals surface area contributed by atoms with Gasteiger partial charge >= 0.3 is 0 Å². The lowest BCUT2D eigenvalue weighted by molar-refractivity contribution is -0.126. The van der Waals surface area contributed by atoms with Crippen LogP contribution in [-0.2, 0) is 18.4 Å². The Morgan fingerprint density at radius 3 is 3.00 bits per heavy atom. The molecule has 0 amide bonds. The molecule has 0 aromatic carbocycles. The van der Waals surface area contributed by atoms with E-state index in [4.69, 9.17) is 0 Å². The van der Waals surface area contributed by atoms with Gasteiger partial charge in [0, 0.05) is 38.3 Å². The molecule has 0 bridgehead atoms. The van der Waals surface area contributed by atoms with Gasteiger partial charge in [0.05, 0.1) is 6.54 Å². The molecule has 2 atom stereocenters. The molecule has 0 radical (unpaired) electrons. The summed E-state index contributed by atoms with van der Waals surface area (Å²) in [5, 5.41) is 0. The maximum atomic E-state index is 11.9. The Bertz CT molecular complexity index is 413. The first-order chi connectivity index (χ1) is 8.56. The van der Waals surface area contributed by atoms with Crippen molar-refractivity contribution in [2.24, 2.45) is 18.9 Å². The van der Waals surface area contributed by atoms with Crippen LogP contribution in [0.25, 0.3) is 0 Å². The highest BCUT2D eigenvalue weighted by molar-refractivity contribution is 5.81. The fourth-order valence-corrected chi connectivity index (χ4v) is 2.74. The fraction of sp³-hybridized carbons (Fsp3) is 0.714. The van der Waals surface area contributed by atoms with Crippen molar-refractivity contribution >= 4 is 5.78 Å². The van der Waals surface area contributed by atoms with E-state index in [-0.39, 0.29) is 5.92 Å². The minimum absolute atomic E-state index is 0.221. The summed E-state index contributed by atoms with van der Waals surface area (Å²) in [5.74, 6) is 2.40. The van der Waals surface area contributed by atoms with E-state index in [1.807, 2.05) is 24.0 Å². The number of Topliss-reactive ketones (excluding diaryl/α,β-unsaturated/α-hetero) is 1. The van der Waals surface area contributed by atoms with Gasteiger partial charge in [0.15, 0.2) is 0 Å². The van der Waals surface area contributed by atoms with Crippen molar-refractivity contribution in [1.29, 1.82) is 0 Å². The molecule has 1 aliphatic carbocycles. The fourth-order valence-electron chi connectivity index (χ4n) is 2.74. The van der Waals surface area contributed by atoms with Crippen LogP contribution in [0.3, 0.4) is 0 Å². The second-order valence-electron chi connectivity index (χ2n) is 5.69. The van der Waals surface area contributed by atoms with Crippen LogP contribution in [-0.4, -0.2) is 33.8 Å². The number of carbonyl (C=O) groups excluding carboxylic acids is 1. The number of rotatable bonds is 4. The van der Waals surface area contributed by atoms with Crippen LogP contribution < -0.4 is 0 Å². The van der Waals surface area contributed by atoms with Crippen LogP contribution in [0, 0.1) is 11.8 Å². The zero-order valence-corrected chi connectivity index (χ0v) is 11.6. The van der Waals surface area contributed by atoms with E-state index in [0.29, 0.717) is 11.7 Å². The SMILES string of the molecule is CC1CCC(=O)C(CN(C)Cc2nccn2C)C1. The summed E-state index contributed by atoms with van der Waals surface area (Å²) in [5.41, 5.74) is 0. The summed E-state index contributed by atoms with van der Waals surface area (Å²) in [6.45, 7) is 3.91. The summed E-state index contributed by atoms with van der Waals surface area (Å²) in [4.78, 5) is 18.4. The Balaban J connectivity index is 1.88. The average Bonchev–Trinajstić information content (AvgIpc) is 2.70. The molecule has 0 N–H and O–H groups in total. The Morgan fingerprint density at radius 2 is 2.33 bits per heavy atom. The molecule has 0 saturated heterocycles. The first kappa shape index (κ1) is 13.3. The number of hydrogen-bond acceptors (Lipinski definition) is 3. The smallest absolute Gasteiger partial charge is 0.137 e. The highest BCUT2D eigenvalue weighted by Crippen LogP contribution is 2.26. The van der Waals surface area contributed by atoms with Gasteiger partial charge in [-0.1, -0.05) is 6.92 Å². The number of nitrogens with zero attached hydrogens (tertiary/aromatic N) is 3. The average molecular weight is 249 g/mol. The highest BCUT2D eigenvalue weighted by Gasteiger charge is 2.27. The van der Waals surface area contributed by atoms with Crippen molar-refractivity contribution in [2.75, 3.05) is 13.6 Å². The predicted molar refractivity (Wildman–Crippen MR) is 71.1 cm³/mol. The third kappa shape index (κ3) is 3.19. The van der Waals surface area contributed by atoms with Crippen molar-refractivity contribution in [3.8, 4) is 0 Å². The van der Waals surface area contributed by atoms with E-state index in [2.05, 4.69) is 23.9 Å². The molecule has 0 spiro atoms. The number of aromatic nitrogens is 2. The molecular formula is C14H23N3O. The molecular weight excluding hydrogens is 226 g/mol. The molecule has 1 heterocycles. The van der Waals surface area contributed by atoms with Gasteiger partial charge in [0.2, 0.25) is 0 Å². The maximum Gasteiger partial charge on any atom is 0.137 e. The Labute approximate surface area is 109 Å². The molecule has 1 aromatic heterocycles. The van der Waals surface area contributed by atoms with E-state index in [9.17, 15) is 4.79 Å². The highest BCUT2D eigenvalue weighted by atomic mass is 16.1. The van der Waals surface area contributed by atoms with Crippen molar-refractivity contribution in [2.45, 2.75) is 32.7 Å². The van der Waals surface area contributed by atoms with Crippen LogP contribution in [0.2, 0.25) is 0 Å². The molecule has 1 aliphatic rings. The van der Waals surface area contributed by atoms with Crippen molar-refractivity contribution < 1.29 is 4.79 Å². The monoisotopic (exact) mass is 249 g/mol. The Hall–Kier alpha value is -1.16. The predicted octanol–water partition coefficient (Wildman–Crippen LogP) is 1.86. The summed E-state index contributed by atoms with van der Waals surface area (Å²) in [6, 6.07) is 0. The molecule has 1 fully saturated rings. The minimum atomic E-state index is 0.221. The third-order valence-corrected chi connectivity index (χ3v) is 3.89. The van der Waals surface area contributed by atoms with Gasteiger partial charge in [-0.05, 0) is 25.8 Å². The first-order valence-electron chi connectivity index (χ1n) is 6.73. The van der Waals surface area contributed by atoms with Gasteiger partial charge in [0.1, 0.15) is 11.6 Å². The van der Waals surface area contributed by atoms with Gasteiger partial charge in [0.25, 0.3) is 0 Å². The summed E-state index contributed by atoms with van der Waals surface area (Å²) in [6.07, 6.45) is 6.65. The molecule has 2 rings (SSSR count). The molecule has 1 aromatic rings. The molecule has 18 heavy (non-hydrogen) atoms. The normalized spacial score (nSPS) is 24.8. The third-order valence-electron chi connectivity index (χ3n) is 3.89. The quantitative estimate of drug-likeness (QED) is 0.817. The van der Waals surface area contributed by atoms with Crippen molar-refractivity contribution in [3.63, 3.8) is 0 Å². The minimum Gasteiger partial charge on any atom is -0.337 e. The van der Waals surface area contributed by atoms with E-state index >= 15 is 0 Å². The van der Waals surface area contributed by atoms with E-state index in [1.165, 1.54) is 0 Å². The molecule has 1 saturated carbocycles. The summed E-state index contributed by atoms with van der Waals surface area (Å²) >= 11 is 0. The maximum absolute atomic E-state index is 11.9. The summed E-state index contributed by atoms with van der Waals surface area (Å²) < 4.78 is 2.03. The number of hydrogen-bond donors (Lipinski definition) is 0. The lowest BCUT2D eigenvalue weighted by Crippen LogP contribution is -2.34. The van der Waals surface area contributed by atoms with Crippen LogP contribution >= 0.6 is 0 Å². The van der Waals surface area contributed by atoms with Crippen molar-refractivity contribution in [3.05, 3.63) is 18.2 Å². The Kier molecular flexibility index (Phi) is 4.17. The molecule has 100 valence electrons. The van der Waals surface area contributed by atoms with Crippen LogP contribution in [0.15, 0.2) is 12.4 Å². The number of ketones is 1. The van der Waals surface area contributed by atoms with Crippen molar-refractivity contribution in [1.82, 2.24) is 14.5 Å². The lowest BCUT2D eigenvalue weighted by Gasteiger charge is -2.29. The lowest BCUT2D eigenvalue weighted by atomic mass is 9.81. The zero-order chi connectivity index (χ0) is 13.1. The van der Waals surface area contributed by atoms with Gasteiger partial charge in [-0.15, -0.1) is 0 Å². The van der Waals surface area contributed by atoms with E-state index < -0.39 is 0 Å². The molecule has 4 nitrogen and oxygen atoms in total. The summed E-state index contributed by atoms with van der Waals surface area (Å²) in [7, 11) is 4.07. The number of carbonyl (C=O) groups is 1.